The largest absolute Gasteiger partial charge is 0.290 e. The molecule has 0 aromatic carbocycles. The van der Waals surface area contributed by atoms with Crippen molar-refractivity contribution < 1.29 is 14.4 Å². The van der Waals surface area contributed by atoms with Gasteiger partial charge in [-0.3, -0.25) is 14.4 Å². The van der Waals surface area contributed by atoms with E-state index < -0.39 is 17.3 Å². The lowest BCUT2D eigenvalue weighted by Gasteiger charge is -2.25. The highest BCUT2D eigenvalue weighted by Gasteiger charge is 2.50. The molecule has 2 fully saturated rings. The number of rotatable bonds is 0. The van der Waals surface area contributed by atoms with Crippen LogP contribution in [0.5, 0.6) is 0 Å². The van der Waals surface area contributed by atoms with Gasteiger partial charge in [0.05, 0.1) is 0 Å². The molecule has 0 heterocycles. The fraction of sp³-hybridized carbons (Fsp3) is 0.667. The Labute approximate surface area is 81.3 Å². The van der Waals surface area contributed by atoms with Gasteiger partial charge >= 0.3 is 0 Å². The quantitative estimate of drug-likeness (QED) is 0.453. The number of thiol groups is 1. The number of carbonyl (C=O) groups excluding carboxylic acids is 3. The molecule has 0 aromatic rings. The van der Waals surface area contributed by atoms with Crippen molar-refractivity contribution in [2.24, 2.45) is 11.8 Å². The molecule has 4 heteroatoms. The summed E-state index contributed by atoms with van der Waals surface area (Å²) in [6.07, 6.45) is 2.07. The third-order valence-electron chi connectivity index (χ3n) is 2.94. The Bertz CT molecular complexity index is 297. The first-order chi connectivity index (χ1) is 6.11. The van der Waals surface area contributed by atoms with Gasteiger partial charge in [-0.1, -0.05) is 0 Å². The summed E-state index contributed by atoms with van der Waals surface area (Å²) in [4.78, 5) is 33.6. The van der Waals surface area contributed by atoms with Gasteiger partial charge in [-0.05, 0) is 19.3 Å². The third-order valence-corrected chi connectivity index (χ3v) is 3.41. The molecule has 3 unspecified atom stereocenters. The highest BCUT2D eigenvalue weighted by Crippen LogP contribution is 2.38. The van der Waals surface area contributed by atoms with Crippen molar-refractivity contribution in [1.82, 2.24) is 0 Å². The predicted octanol–water partition coefficient (Wildman–Crippen LogP) is 0.422. The number of carbonyl (C=O) groups is 3. The van der Waals surface area contributed by atoms with Crippen LogP contribution in [-0.4, -0.2) is 22.6 Å². The molecule has 3 nitrogen and oxygen atoms in total. The average Bonchev–Trinajstić information content (AvgIpc) is 2.32. The Morgan fingerprint density at radius 3 is 2.31 bits per heavy atom. The van der Waals surface area contributed by atoms with Crippen LogP contribution in [-0.2, 0) is 14.4 Å². The van der Waals surface area contributed by atoms with Crippen molar-refractivity contribution in [3.63, 3.8) is 0 Å². The summed E-state index contributed by atoms with van der Waals surface area (Å²) in [5.74, 6) is -2.39. The van der Waals surface area contributed by atoms with Crippen molar-refractivity contribution >= 4 is 30.0 Å². The average molecular weight is 198 g/mol. The molecule has 0 N–H and O–H groups in total. The monoisotopic (exact) mass is 198 g/mol. The maximum atomic E-state index is 11.3. The zero-order chi connectivity index (χ0) is 9.59. The summed E-state index contributed by atoms with van der Waals surface area (Å²) in [6, 6.07) is 0. The zero-order valence-electron chi connectivity index (χ0n) is 7.03. The van der Waals surface area contributed by atoms with Crippen LogP contribution in [0.3, 0.4) is 0 Å². The van der Waals surface area contributed by atoms with Gasteiger partial charge in [0.25, 0.3) is 5.78 Å². The minimum Gasteiger partial charge on any atom is -0.290 e. The normalized spacial score (nSPS) is 39.5. The lowest BCUT2D eigenvalue weighted by molar-refractivity contribution is -0.141. The Morgan fingerprint density at radius 1 is 1.00 bits per heavy atom. The first-order valence-corrected chi connectivity index (χ1v) is 4.93. The predicted molar refractivity (Wildman–Crippen MR) is 48.6 cm³/mol. The number of Topliss-reactive ketones (excluding diaryl/α,β-unsaturated/α-hetero) is 3. The maximum absolute atomic E-state index is 11.3. The Kier molecular flexibility index (Phi) is 2.02. The lowest BCUT2D eigenvalue weighted by atomic mass is 9.81. The van der Waals surface area contributed by atoms with Gasteiger partial charge in [0.15, 0.2) is 0 Å². The van der Waals surface area contributed by atoms with E-state index in [1.54, 1.807) is 0 Å². The highest BCUT2D eigenvalue weighted by molar-refractivity contribution is 7.80. The Balaban J connectivity index is 2.27. The van der Waals surface area contributed by atoms with Gasteiger partial charge in [0.1, 0.15) is 0 Å². The second-order valence-electron chi connectivity index (χ2n) is 3.74. The van der Waals surface area contributed by atoms with Crippen molar-refractivity contribution in [1.29, 1.82) is 0 Å². The number of hydrogen-bond acceptors (Lipinski definition) is 4. The van der Waals surface area contributed by atoms with Crippen LogP contribution >= 0.6 is 12.6 Å². The van der Waals surface area contributed by atoms with Crippen LogP contribution in [0.1, 0.15) is 19.3 Å². The van der Waals surface area contributed by atoms with E-state index in [-0.39, 0.29) is 17.1 Å². The fourth-order valence-corrected chi connectivity index (χ4v) is 2.59. The molecule has 2 saturated carbocycles. The minimum atomic E-state index is -0.780. The molecule has 0 amide bonds. The van der Waals surface area contributed by atoms with Gasteiger partial charge in [-0.25, -0.2) is 0 Å². The molecule has 0 radical (unpaired) electrons. The van der Waals surface area contributed by atoms with E-state index in [1.165, 1.54) is 0 Å². The van der Waals surface area contributed by atoms with Crippen LogP contribution in [0.4, 0.5) is 0 Å². The van der Waals surface area contributed by atoms with Gasteiger partial charge in [0.2, 0.25) is 11.6 Å². The molecular weight excluding hydrogens is 188 g/mol. The topological polar surface area (TPSA) is 51.2 Å². The molecule has 2 rings (SSSR count). The van der Waals surface area contributed by atoms with Crippen LogP contribution in [0.15, 0.2) is 0 Å². The molecule has 0 bridgehead atoms. The second kappa shape index (κ2) is 2.94. The van der Waals surface area contributed by atoms with Gasteiger partial charge in [-0.15, -0.1) is 0 Å². The minimum absolute atomic E-state index is 0.170. The van der Waals surface area contributed by atoms with Crippen LogP contribution in [0, 0.1) is 11.8 Å². The first-order valence-electron chi connectivity index (χ1n) is 4.41. The second-order valence-corrected chi connectivity index (χ2v) is 4.47. The van der Waals surface area contributed by atoms with Gasteiger partial charge in [0, 0.05) is 17.1 Å². The van der Waals surface area contributed by atoms with Crippen molar-refractivity contribution in [3.05, 3.63) is 0 Å². The van der Waals surface area contributed by atoms with Gasteiger partial charge in [-0.2, -0.15) is 12.6 Å². The van der Waals surface area contributed by atoms with Crippen LogP contribution in [0.2, 0.25) is 0 Å². The third kappa shape index (κ3) is 1.24. The van der Waals surface area contributed by atoms with Crippen molar-refractivity contribution in [3.8, 4) is 0 Å². The summed E-state index contributed by atoms with van der Waals surface area (Å²) in [6.45, 7) is 0. The van der Waals surface area contributed by atoms with E-state index in [0.29, 0.717) is 12.8 Å². The Hall–Kier alpha value is -0.640. The zero-order valence-corrected chi connectivity index (χ0v) is 7.92. The van der Waals surface area contributed by atoms with E-state index in [2.05, 4.69) is 12.6 Å². The standard InChI is InChI=1S/C9H10O3S/c10-7-5-2-1-4(13)3-6(5)8(11)9(7)12/h4-6,13H,1-3H2. The van der Waals surface area contributed by atoms with Gasteiger partial charge < -0.3 is 0 Å². The molecule has 13 heavy (non-hydrogen) atoms. The number of hydrogen-bond donors (Lipinski definition) is 1. The van der Waals surface area contributed by atoms with E-state index >= 15 is 0 Å². The van der Waals surface area contributed by atoms with Crippen molar-refractivity contribution in [2.75, 3.05) is 0 Å². The van der Waals surface area contributed by atoms with Crippen LogP contribution < -0.4 is 0 Å². The molecule has 2 aliphatic carbocycles. The summed E-state index contributed by atoms with van der Waals surface area (Å²) in [5.41, 5.74) is 0. The lowest BCUT2D eigenvalue weighted by Crippen LogP contribution is -2.27. The smallest absolute Gasteiger partial charge is 0.264 e. The number of ketones is 3. The maximum Gasteiger partial charge on any atom is 0.264 e. The summed E-state index contributed by atoms with van der Waals surface area (Å²) >= 11 is 4.27. The van der Waals surface area contributed by atoms with E-state index in [0.717, 1.165) is 6.42 Å². The molecular formula is C9H10O3S. The fourth-order valence-electron chi connectivity index (χ4n) is 2.21. The molecule has 0 aromatic heterocycles. The SMILES string of the molecule is O=C1C(=O)C2CCC(S)CC2C1=O. The van der Waals surface area contributed by atoms with Crippen LogP contribution in [0.25, 0.3) is 0 Å². The summed E-state index contributed by atoms with van der Waals surface area (Å²) in [5, 5.41) is 0.170. The first kappa shape index (κ1) is 8.94. The summed E-state index contributed by atoms with van der Waals surface area (Å²) < 4.78 is 0. The molecule has 0 saturated heterocycles. The molecule has 0 spiro atoms. The highest BCUT2D eigenvalue weighted by atomic mass is 32.1. The van der Waals surface area contributed by atoms with E-state index in [9.17, 15) is 14.4 Å². The Morgan fingerprint density at radius 2 is 1.62 bits per heavy atom. The van der Waals surface area contributed by atoms with E-state index in [1.807, 2.05) is 0 Å². The van der Waals surface area contributed by atoms with Crippen molar-refractivity contribution in [2.45, 2.75) is 24.5 Å². The molecule has 3 atom stereocenters. The van der Waals surface area contributed by atoms with E-state index in [4.69, 9.17) is 0 Å². The number of fused-ring (bicyclic) bond motifs is 1. The molecule has 70 valence electrons. The summed E-state index contributed by atoms with van der Waals surface area (Å²) in [7, 11) is 0. The molecule has 2 aliphatic rings. The molecule has 0 aliphatic heterocycles.